The molecule has 0 radical (unpaired) electrons. The molecule has 19 heavy (non-hydrogen) atoms. The molecule has 1 heterocycles. The molecule has 0 bridgehead atoms. The van der Waals surface area contributed by atoms with Crippen LogP contribution in [0.2, 0.25) is 0 Å². The predicted molar refractivity (Wildman–Crippen MR) is 77.4 cm³/mol. The predicted octanol–water partition coefficient (Wildman–Crippen LogP) is 2.74. The maximum absolute atomic E-state index is 12.2. The summed E-state index contributed by atoms with van der Waals surface area (Å²) in [6.07, 6.45) is 5.35. The molecule has 0 aliphatic heterocycles. The van der Waals surface area contributed by atoms with Crippen LogP contribution in [0.25, 0.3) is 0 Å². The second-order valence-electron chi connectivity index (χ2n) is 5.75. The molecule has 2 rings (SSSR count). The number of aryl methyl sites for hydroxylation is 1. The Morgan fingerprint density at radius 2 is 2.21 bits per heavy atom. The van der Waals surface area contributed by atoms with E-state index in [2.05, 4.69) is 22.5 Å². The fraction of sp³-hybridized carbons (Fsp3) is 0.600. The van der Waals surface area contributed by atoms with Gasteiger partial charge in [0.05, 0.1) is 11.3 Å². The zero-order valence-electron chi connectivity index (χ0n) is 12.0. The van der Waals surface area contributed by atoms with Gasteiger partial charge >= 0.3 is 0 Å². The number of amides is 1. The monoisotopic (exact) mass is 261 g/mol. The van der Waals surface area contributed by atoms with E-state index in [-0.39, 0.29) is 5.91 Å². The summed E-state index contributed by atoms with van der Waals surface area (Å²) < 4.78 is 0. The molecule has 0 saturated heterocycles. The smallest absolute Gasteiger partial charge is 0.254 e. The van der Waals surface area contributed by atoms with E-state index in [0.29, 0.717) is 11.0 Å². The molecule has 0 aromatic carbocycles. The number of nitrogens with zero attached hydrogens (tertiary/aromatic N) is 1. The number of pyridine rings is 1. The van der Waals surface area contributed by atoms with E-state index in [9.17, 15) is 4.79 Å². The first-order chi connectivity index (χ1) is 9.04. The van der Waals surface area contributed by atoms with Crippen molar-refractivity contribution in [3.8, 4) is 0 Å². The van der Waals surface area contributed by atoms with Crippen LogP contribution in [0.3, 0.4) is 0 Å². The lowest BCUT2D eigenvalue weighted by Crippen LogP contribution is -2.40. The van der Waals surface area contributed by atoms with Crippen LogP contribution in [0.4, 0.5) is 5.69 Å². The van der Waals surface area contributed by atoms with Crippen LogP contribution >= 0.6 is 0 Å². The van der Waals surface area contributed by atoms with Crippen LogP contribution in [0, 0.1) is 12.3 Å². The third-order valence-corrected chi connectivity index (χ3v) is 3.89. The van der Waals surface area contributed by atoms with E-state index in [1.54, 1.807) is 6.20 Å². The molecule has 1 aliphatic rings. The molecule has 1 amide bonds. The largest absolute Gasteiger partial charge is 0.385 e. The second-order valence-corrected chi connectivity index (χ2v) is 5.75. The van der Waals surface area contributed by atoms with E-state index in [4.69, 9.17) is 0 Å². The average Bonchev–Trinajstić information content (AvgIpc) is 2.34. The van der Waals surface area contributed by atoms with Gasteiger partial charge in [0, 0.05) is 25.0 Å². The zero-order valence-corrected chi connectivity index (χ0v) is 12.0. The highest BCUT2D eigenvalue weighted by Crippen LogP contribution is 2.39. The van der Waals surface area contributed by atoms with Crippen LogP contribution in [-0.4, -0.2) is 24.0 Å². The Morgan fingerprint density at radius 1 is 1.47 bits per heavy atom. The Labute approximate surface area is 115 Å². The summed E-state index contributed by atoms with van der Waals surface area (Å²) in [5.74, 6) is -0.0309. The third kappa shape index (κ3) is 3.25. The quantitative estimate of drug-likeness (QED) is 0.857. The third-order valence-electron chi connectivity index (χ3n) is 3.89. The average molecular weight is 261 g/mol. The summed E-state index contributed by atoms with van der Waals surface area (Å²) in [6, 6.07) is 1.92. The lowest BCUT2D eigenvalue weighted by Gasteiger charge is -2.38. The maximum atomic E-state index is 12.2. The van der Waals surface area contributed by atoms with Gasteiger partial charge in [0.2, 0.25) is 0 Å². The minimum Gasteiger partial charge on any atom is -0.385 e. The van der Waals surface area contributed by atoms with Crippen molar-refractivity contribution in [3.63, 3.8) is 0 Å². The first-order valence-electron chi connectivity index (χ1n) is 7.03. The molecule has 2 N–H and O–H groups in total. The molecular weight excluding hydrogens is 238 g/mol. The molecule has 104 valence electrons. The normalized spacial score (nSPS) is 16.6. The molecule has 1 saturated carbocycles. The minimum absolute atomic E-state index is 0.0309. The van der Waals surface area contributed by atoms with Crippen molar-refractivity contribution in [1.29, 1.82) is 0 Å². The van der Waals surface area contributed by atoms with Crippen LogP contribution in [-0.2, 0) is 0 Å². The molecule has 4 nitrogen and oxygen atoms in total. The Bertz CT molecular complexity index is 466. The Balaban J connectivity index is 2.05. The number of aromatic nitrogens is 1. The van der Waals surface area contributed by atoms with Crippen molar-refractivity contribution in [2.75, 3.05) is 18.4 Å². The van der Waals surface area contributed by atoms with Crippen LogP contribution in [0.1, 0.15) is 49.2 Å². The highest BCUT2D eigenvalue weighted by Gasteiger charge is 2.32. The van der Waals surface area contributed by atoms with Gasteiger partial charge in [-0.2, -0.15) is 0 Å². The molecule has 1 aromatic heterocycles. The van der Waals surface area contributed by atoms with E-state index in [0.717, 1.165) is 24.5 Å². The number of carbonyl (C=O) groups is 1. The van der Waals surface area contributed by atoms with Crippen molar-refractivity contribution in [2.24, 2.45) is 5.41 Å². The van der Waals surface area contributed by atoms with E-state index in [1.165, 1.54) is 19.3 Å². The van der Waals surface area contributed by atoms with Gasteiger partial charge in [0.15, 0.2) is 0 Å². The minimum atomic E-state index is -0.0309. The molecule has 1 aromatic rings. The number of anilines is 1. The number of hydrogen-bond donors (Lipinski definition) is 2. The van der Waals surface area contributed by atoms with Gasteiger partial charge in [-0.05, 0) is 38.2 Å². The summed E-state index contributed by atoms with van der Waals surface area (Å²) in [6.45, 7) is 7.73. The number of hydrogen-bond acceptors (Lipinski definition) is 3. The van der Waals surface area contributed by atoms with E-state index >= 15 is 0 Å². The summed E-state index contributed by atoms with van der Waals surface area (Å²) in [5, 5.41) is 6.26. The summed E-state index contributed by atoms with van der Waals surface area (Å²) >= 11 is 0. The Hall–Kier alpha value is -1.58. The Kier molecular flexibility index (Phi) is 4.08. The molecule has 1 aliphatic carbocycles. The van der Waals surface area contributed by atoms with Crippen molar-refractivity contribution >= 4 is 11.6 Å². The highest BCUT2D eigenvalue weighted by molar-refractivity contribution is 5.99. The van der Waals surface area contributed by atoms with Crippen molar-refractivity contribution in [2.45, 2.75) is 40.0 Å². The van der Waals surface area contributed by atoms with Crippen molar-refractivity contribution < 1.29 is 4.79 Å². The molecule has 1 fully saturated rings. The SMILES string of the molecule is CCNc1cc(C)ncc1C(=O)NCC1(C)CCC1. The fourth-order valence-electron chi connectivity index (χ4n) is 2.42. The molecular formula is C15H23N3O. The lowest BCUT2D eigenvalue weighted by atomic mass is 9.70. The molecule has 0 atom stereocenters. The van der Waals surface area contributed by atoms with Gasteiger partial charge in [-0.1, -0.05) is 13.3 Å². The topological polar surface area (TPSA) is 54.0 Å². The first kappa shape index (κ1) is 13.8. The van der Waals surface area contributed by atoms with Gasteiger partial charge < -0.3 is 10.6 Å². The summed E-state index contributed by atoms with van der Waals surface area (Å²) in [7, 11) is 0. The number of rotatable bonds is 5. The zero-order chi connectivity index (χ0) is 13.9. The second kappa shape index (κ2) is 5.59. The molecule has 4 heteroatoms. The summed E-state index contributed by atoms with van der Waals surface area (Å²) in [5.41, 5.74) is 2.71. The lowest BCUT2D eigenvalue weighted by molar-refractivity contribution is 0.0891. The van der Waals surface area contributed by atoms with Gasteiger partial charge in [0.1, 0.15) is 0 Å². The maximum Gasteiger partial charge on any atom is 0.254 e. The standard InChI is InChI=1S/C15H23N3O/c1-4-16-13-8-11(2)17-9-12(13)14(19)18-10-15(3)6-5-7-15/h8-9H,4-7,10H2,1-3H3,(H,16,17)(H,18,19). The van der Waals surface area contributed by atoms with Crippen LogP contribution < -0.4 is 10.6 Å². The molecule has 0 unspecified atom stereocenters. The van der Waals surface area contributed by atoms with Crippen LogP contribution in [0.15, 0.2) is 12.3 Å². The summed E-state index contributed by atoms with van der Waals surface area (Å²) in [4.78, 5) is 16.5. The van der Waals surface area contributed by atoms with Crippen LogP contribution in [0.5, 0.6) is 0 Å². The van der Waals surface area contributed by atoms with Gasteiger partial charge in [0.25, 0.3) is 5.91 Å². The Morgan fingerprint density at radius 3 is 2.79 bits per heavy atom. The van der Waals surface area contributed by atoms with Gasteiger partial charge in [-0.15, -0.1) is 0 Å². The van der Waals surface area contributed by atoms with Gasteiger partial charge in [-0.3, -0.25) is 9.78 Å². The highest BCUT2D eigenvalue weighted by atomic mass is 16.1. The van der Waals surface area contributed by atoms with Crippen molar-refractivity contribution in [3.05, 3.63) is 23.5 Å². The first-order valence-corrected chi connectivity index (χ1v) is 7.03. The van der Waals surface area contributed by atoms with Crippen molar-refractivity contribution in [1.82, 2.24) is 10.3 Å². The van der Waals surface area contributed by atoms with E-state index < -0.39 is 0 Å². The fourth-order valence-corrected chi connectivity index (χ4v) is 2.42. The van der Waals surface area contributed by atoms with E-state index in [1.807, 2.05) is 19.9 Å². The number of nitrogens with one attached hydrogen (secondary N) is 2. The van der Waals surface area contributed by atoms with Gasteiger partial charge in [-0.25, -0.2) is 0 Å². The number of carbonyl (C=O) groups excluding carboxylic acids is 1. The molecule has 0 spiro atoms.